The summed E-state index contributed by atoms with van der Waals surface area (Å²) in [5.74, 6) is 1.48. The molecule has 0 unspecified atom stereocenters. The zero-order valence-electron chi connectivity index (χ0n) is 15.5. The summed E-state index contributed by atoms with van der Waals surface area (Å²) >= 11 is 6.14. The van der Waals surface area contributed by atoms with E-state index >= 15 is 0 Å². The monoisotopic (exact) mass is 397 g/mol. The van der Waals surface area contributed by atoms with E-state index in [-0.39, 0.29) is 12.5 Å². The lowest BCUT2D eigenvalue weighted by Crippen LogP contribution is -2.25. The van der Waals surface area contributed by atoms with Crippen LogP contribution >= 0.6 is 11.6 Å². The molecule has 0 aliphatic heterocycles. The average molecular weight is 398 g/mol. The third-order valence-corrected chi connectivity index (χ3v) is 4.24. The lowest BCUT2D eigenvalue weighted by molar-refractivity contribution is -0.119. The highest BCUT2D eigenvalue weighted by molar-refractivity contribution is 6.32. The lowest BCUT2D eigenvalue weighted by Gasteiger charge is -2.05. The molecule has 1 heterocycles. The van der Waals surface area contributed by atoms with Crippen LogP contribution in [0.5, 0.6) is 5.75 Å². The number of hydrogen-bond acceptors (Lipinski definition) is 5. The van der Waals surface area contributed by atoms with Gasteiger partial charge in [-0.1, -0.05) is 29.3 Å². The highest BCUT2D eigenvalue weighted by atomic mass is 35.5. The number of carbonyl (C=O) groups excluding carboxylic acids is 1. The van der Waals surface area contributed by atoms with Crippen LogP contribution in [0.3, 0.4) is 0 Å². The molecule has 0 bridgehead atoms. The van der Waals surface area contributed by atoms with Crippen molar-refractivity contribution in [2.24, 2.45) is 5.10 Å². The largest absolute Gasteiger partial charge is 0.495 e. The molecule has 0 spiro atoms. The number of nitrogens with one attached hydrogen (secondary N) is 2. The first-order valence-electron chi connectivity index (χ1n) is 8.61. The second kappa shape index (κ2) is 9.10. The van der Waals surface area contributed by atoms with Gasteiger partial charge < -0.3 is 14.5 Å². The van der Waals surface area contributed by atoms with Crippen molar-refractivity contribution in [2.75, 3.05) is 19.0 Å². The summed E-state index contributed by atoms with van der Waals surface area (Å²) < 4.78 is 10.8. The van der Waals surface area contributed by atoms with E-state index in [0.717, 1.165) is 16.8 Å². The van der Waals surface area contributed by atoms with E-state index < -0.39 is 0 Å². The van der Waals surface area contributed by atoms with E-state index in [4.69, 9.17) is 20.8 Å². The van der Waals surface area contributed by atoms with E-state index in [1.54, 1.807) is 31.4 Å². The Morgan fingerprint density at radius 3 is 2.68 bits per heavy atom. The Morgan fingerprint density at radius 1 is 1.18 bits per heavy atom. The molecule has 0 atom stereocenters. The molecule has 3 rings (SSSR count). The van der Waals surface area contributed by atoms with E-state index in [9.17, 15) is 4.79 Å². The molecule has 1 aromatic heterocycles. The van der Waals surface area contributed by atoms with Gasteiger partial charge in [0.2, 0.25) is 0 Å². The number of nitrogens with zero attached hydrogens (tertiary/aromatic N) is 1. The molecule has 0 saturated heterocycles. The SMILES string of the molecule is COc1ccc(-c2ccc(/C=N/NC(=O)CNc3ccc(C)cc3)o2)cc1Cl. The fourth-order valence-electron chi connectivity index (χ4n) is 2.46. The molecule has 1 amide bonds. The van der Waals surface area contributed by atoms with Crippen LogP contribution in [0.4, 0.5) is 5.69 Å². The first-order valence-corrected chi connectivity index (χ1v) is 8.99. The van der Waals surface area contributed by atoms with Gasteiger partial charge in [-0.25, -0.2) is 5.43 Å². The van der Waals surface area contributed by atoms with Crippen molar-refractivity contribution in [2.45, 2.75) is 6.92 Å². The van der Waals surface area contributed by atoms with E-state index in [1.807, 2.05) is 37.3 Å². The van der Waals surface area contributed by atoms with Gasteiger partial charge in [0.25, 0.3) is 5.91 Å². The van der Waals surface area contributed by atoms with Gasteiger partial charge in [0.05, 0.1) is 24.9 Å². The maximum absolute atomic E-state index is 11.9. The molecule has 0 saturated carbocycles. The maximum Gasteiger partial charge on any atom is 0.259 e. The van der Waals surface area contributed by atoms with Crippen LogP contribution in [0.25, 0.3) is 11.3 Å². The topological polar surface area (TPSA) is 75.9 Å². The number of ether oxygens (including phenoxy) is 1. The maximum atomic E-state index is 11.9. The quantitative estimate of drug-likeness (QED) is 0.455. The number of amides is 1. The van der Waals surface area contributed by atoms with E-state index in [2.05, 4.69) is 15.8 Å². The fraction of sp³-hybridized carbons (Fsp3) is 0.143. The molecule has 6 nitrogen and oxygen atoms in total. The Labute approximate surface area is 168 Å². The number of rotatable bonds is 7. The molecule has 7 heteroatoms. The van der Waals surface area contributed by atoms with Crippen LogP contribution in [0, 0.1) is 6.92 Å². The van der Waals surface area contributed by atoms with E-state index in [0.29, 0.717) is 22.3 Å². The smallest absolute Gasteiger partial charge is 0.259 e. The highest BCUT2D eigenvalue weighted by Gasteiger charge is 2.07. The van der Waals surface area contributed by atoms with Crippen molar-refractivity contribution < 1.29 is 13.9 Å². The van der Waals surface area contributed by atoms with Crippen molar-refractivity contribution in [1.29, 1.82) is 0 Å². The van der Waals surface area contributed by atoms with Gasteiger partial charge in [0.15, 0.2) is 0 Å². The van der Waals surface area contributed by atoms with Crippen LogP contribution in [-0.2, 0) is 4.79 Å². The van der Waals surface area contributed by atoms with Gasteiger partial charge in [0, 0.05) is 11.3 Å². The lowest BCUT2D eigenvalue weighted by atomic mass is 10.2. The van der Waals surface area contributed by atoms with Gasteiger partial charge in [0.1, 0.15) is 17.3 Å². The molecular formula is C21H20ClN3O3. The molecule has 144 valence electrons. The Morgan fingerprint density at radius 2 is 1.96 bits per heavy atom. The Balaban J connectivity index is 1.53. The number of hydrogen-bond donors (Lipinski definition) is 2. The van der Waals surface area contributed by atoms with Crippen LogP contribution in [0.15, 0.2) is 64.1 Å². The van der Waals surface area contributed by atoms with Crippen molar-refractivity contribution in [3.05, 3.63) is 70.9 Å². The number of benzene rings is 2. The molecule has 3 aromatic rings. The first kappa shape index (κ1) is 19.5. The molecule has 0 radical (unpaired) electrons. The number of halogens is 1. The number of carbonyl (C=O) groups is 1. The van der Waals surface area contributed by atoms with Crippen LogP contribution in [0.1, 0.15) is 11.3 Å². The minimum absolute atomic E-state index is 0.119. The summed E-state index contributed by atoms with van der Waals surface area (Å²) in [6, 6.07) is 16.7. The summed E-state index contributed by atoms with van der Waals surface area (Å²) in [4.78, 5) is 11.9. The van der Waals surface area contributed by atoms with Gasteiger partial charge >= 0.3 is 0 Å². The van der Waals surface area contributed by atoms with E-state index in [1.165, 1.54) is 6.21 Å². The second-order valence-electron chi connectivity index (χ2n) is 6.06. The zero-order chi connectivity index (χ0) is 19.9. The average Bonchev–Trinajstić information content (AvgIpc) is 3.16. The Kier molecular flexibility index (Phi) is 6.34. The molecule has 28 heavy (non-hydrogen) atoms. The fourth-order valence-corrected chi connectivity index (χ4v) is 2.72. The zero-order valence-corrected chi connectivity index (χ0v) is 16.3. The standard InChI is InChI=1S/C21H20ClN3O3/c1-14-3-6-16(7-4-14)23-13-21(26)25-24-12-17-8-10-19(28-17)15-5-9-20(27-2)18(22)11-15/h3-12,23H,13H2,1-2H3,(H,25,26)/b24-12+. The van der Waals surface area contributed by atoms with Crippen molar-refractivity contribution >= 4 is 29.4 Å². The van der Waals surface area contributed by atoms with Crippen molar-refractivity contribution in [3.63, 3.8) is 0 Å². The second-order valence-corrected chi connectivity index (χ2v) is 6.47. The molecule has 0 aliphatic carbocycles. The van der Waals surface area contributed by atoms with Gasteiger partial charge in [-0.3, -0.25) is 4.79 Å². The predicted molar refractivity (Wildman–Crippen MR) is 111 cm³/mol. The number of furan rings is 1. The molecule has 0 aliphatic rings. The first-order chi connectivity index (χ1) is 13.5. The number of methoxy groups -OCH3 is 1. The summed E-state index contributed by atoms with van der Waals surface area (Å²) in [5.41, 5.74) is 5.31. The van der Waals surface area contributed by atoms with Crippen molar-refractivity contribution in [1.82, 2.24) is 5.43 Å². The van der Waals surface area contributed by atoms with Crippen LogP contribution < -0.4 is 15.5 Å². The highest BCUT2D eigenvalue weighted by Crippen LogP contribution is 2.30. The number of anilines is 1. The summed E-state index contributed by atoms with van der Waals surface area (Å²) in [5, 5.41) is 7.44. The third kappa shape index (κ3) is 5.14. The molecular weight excluding hydrogens is 378 g/mol. The summed E-state index contributed by atoms with van der Waals surface area (Å²) in [6.45, 7) is 2.13. The minimum Gasteiger partial charge on any atom is -0.495 e. The minimum atomic E-state index is -0.259. The summed E-state index contributed by atoms with van der Waals surface area (Å²) in [7, 11) is 1.56. The molecule has 2 N–H and O–H groups in total. The Bertz CT molecular complexity index is 981. The Hall–Kier alpha value is -3.25. The molecule has 0 fully saturated rings. The number of hydrazone groups is 1. The third-order valence-electron chi connectivity index (χ3n) is 3.95. The van der Waals surface area contributed by atoms with Crippen LogP contribution in [0.2, 0.25) is 5.02 Å². The van der Waals surface area contributed by atoms with Crippen LogP contribution in [-0.4, -0.2) is 25.8 Å². The van der Waals surface area contributed by atoms with Gasteiger partial charge in [-0.05, 0) is 49.4 Å². The van der Waals surface area contributed by atoms with Crippen molar-refractivity contribution in [3.8, 4) is 17.1 Å². The number of aryl methyl sites for hydroxylation is 1. The normalized spacial score (nSPS) is 10.8. The predicted octanol–water partition coefficient (Wildman–Crippen LogP) is 4.48. The van der Waals surface area contributed by atoms with Gasteiger partial charge in [-0.2, -0.15) is 5.10 Å². The van der Waals surface area contributed by atoms with Gasteiger partial charge in [-0.15, -0.1) is 0 Å². The molecule has 2 aromatic carbocycles. The summed E-state index contributed by atoms with van der Waals surface area (Å²) in [6.07, 6.45) is 1.44.